The molecule has 0 radical (unpaired) electrons. The van der Waals surface area contributed by atoms with Gasteiger partial charge in [0.2, 0.25) is 5.91 Å². The molecule has 1 heterocycles. The van der Waals surface area contributed by atoms with Crippen LogP contribution in [0.4, 0.5) is 0 Å². The molecule has 16 heavy (non-hydrogen) atoms. The van der Waals surface area contributed by atoms with Crippen molar-refractivity contribution in [1.29, 1.82) is 0 Å². The van der Waals surface area contributed by atoms with Crippen LogP contribution in [0.2, 0.25) is 0 Å². The van der Waals surface area contributed by atoms with Crippen LogP contribution >= 0.6 is 0 Å². The maximum atomic E-state index is 11.7. The van der Waals surface area contributed by atoms with Crippen molar-refractivity contribution in [3.63, 3.8) is 0 Å². The lowest BCUT2D eigenvalue weighted by Gasteiger charge is -2.34. The molecule has 94 valence electrons. The molecule has 1 fully saturated rings. The Kier molecular flexibility index (Phi) is 5.22. The summed E-state index contributed by atoms with van der Waals surface area (Å²) in [7, 11) is 0. The minimum absolute atomic E-state index is 0.102. The zero-order chi connectivity index (χ0) is 12.0. The third-order valence-electron chi connectivity index (χ3n) is 3.03. The summed E-state index contributed by atoms with van der Waals surface area (Å²) in [6.07, 6.45) is 1.99. The van der Waals surface area contributed by atoms with Crippen LogP contribution in [0.5, 0.6) is 0 Å². The van der Waals surface area contributed by atoms with Gasteiger partial charge in [-0.15, -0.1) is 0 Å². The van der Waals surface area contributed by atoms with Crippen molar-refractivity contribution in [1.82, 2.24) is 10.6 Å². The molecule has 1 saturated heterocycles. The summed E-state index contributed by atoms with van der Waals surface area (Å²) in [6.45, 7) is 9.11. The highest BCUT2D eigenvalue weighted by Gasteiger charge is 2.28. The zero-order valence-corrected chi connectivity index (χ0v) is 10.6. The normalized spacial score (nSPS) is 27.4. The highest BCUT2D eigenvalue weighted by Crippen LogP contribution is 2.11. The summed E-state index contributed by atoms with van der Waals surface area (Å²) < 4.78 is 5.68. The van der Waals surface area contributed by atoms with E-state index in [0.29, 0.717) is 6.54 Å². The largest absolute Gasteiger partial charge is 0.371 e. The molecule has 1 aliphatic rings. The van der Waals surface area contributed by atoms with Crippen LogP contribution in [0.3, 0.4) is 0 Å². The van der Waals surface area contributed by atoms with Crippen LogP contribution in [-0.4, -0.2) is 37.7 Å². The molecule has 0 aromatic carbocycles. The third-order valence-corrected chi connectivity index (χ3v) is 3.03. The Labute approximate surface area is 98.1 Å². The number of hydrogen-bond donors (Lipinski definition) is 2. The zero-order valence-electron chi connectivity index (χ0n) is 10.6. The lowest BCUT2D eigenvalue weighted by molar-refractivity contribution is -0.127. The fraction of sp³-hybridized carbons (Fsp3) is 0.917. The van der Waals surface area contributed by atoms with E-state index in [1.54, 1.807) is 0 Å². The summed E-state index contributed by atoms with van der Waals surface area (Å²) in [5, 5.41) is 6.25. The number of rotatable bonds is 5. The van der Waals surface area contributed by atoms with E-state index < -0.39 is 0 Å². The number of amides is 1. The molecule has 0 spiro atoms. The number of nitrogens with one attached hydrogen (secondary N) is 2. The first kappa shape index (κ1) is 13.5. The summed E-state index contributed by atoms with van der Waals surface area (Å²) in [5.41, 5.74) is -0.250. The van der Waals surface area contributed by atoms with E-state index in [2.05, 4.69) is 17.6 Å². The molecule has 1 aliphatic heterocycles. The minimum Gasteiger partial charge on any atom is -0.371 e. The first-order chi connectivity index (χ1) is 7.57. The van der Waals surface area contributed by atoms with E-state index >= 15 is 0 Å². The van der Waals surface area contributed by atoms with Crippen molar-refractivity contribution < 1.29 is 9.53 Å². The second-order valence-electron chi connectivity index (χ2n) is 4.88. The molecule has 0 saturated carbocycles. The van der Waals surface area contributed by atoms with E-state index in [9.17, 15) is 4.79 Å². The monoisotopic (exact) mass is 228 g/mol. The summed E-state index contributed by atoms with van der Waals surface area (Å²) in [6, 6.07) is 0. The van der Waals surface area contributed by atoms with Crippen molar-refractivity contribution >= 4 is 5.91 Å². The first-order valence-corrected chi connectivity index (χ1v) is 6.20. The van der Waals surface area contributed by atoms with E-state index in [1.165, 1.54) is 0 Å². The minimum atomic E-state index is -0.250. The van der Waals surface area contributed by atoms with E-state index in [0.717, 1.165) is 32.5 Å². The Balaban J connectivity index is 2.29. The SMILES string of the molecule is CCCC(C)C(=O)NCC1(C)CNCCO1. The molecule has 2 N–H and O–H groups in total. The van der Waals surface area contributed by atoms with Crippen molar-refractivity contribution in [2.75, 3.05) is 26.2 Å². The van der Waals surface area contributed by atoms with Gasteiger partial charge < -0.3 is 15.4 Å². The standard InChI is InChI=1S/C12H24N2O2/c1-4-5-10(2)11(15)14-9-12(3)8-13-6-7-16-12/h10,13H,4-9H2,1-3H3,(H,14,15). The van der Waals surface area contributed by atoms with Crippen molar-refractivity contribution in [3.8, 4) is 0 Å². The number of ether oxygens (including phenoxy) is 1. The lowest BCUT2D eigenvalue weighted by Crippen LogP contribution is -2.54. The van der Waals surface area contributed by atoms with Gasteiger partial charge in [-0.25, -0.2) is 0 Å². The summed E-state index contributed by atoms with van der Waals surface area (Å²) in [5.74, 6) is 0.238. The molecule has 0 aromatic rings. The fourth-order valence-corrected chi connectivity index (χ4v) is 1.90. The van der Waals surface area contributed by atoms with E-state index in [1.807, 2.05) is 13.8 Å². The second-order valence-corrected chi connectivity index (χ2v) is 4.88. The average Bonchev–Trinajstić information content (AvgIpc) is 2.27. The molecule has 4 nitrogen and oxygen atoms in total. The summed E-state index contributed by atoms with van der Waals surface area (Å²) >= 11 is 0. The average molecular weight is 228 g/mol. The highest BCUT2D eigenvalue weighted by atomic mass is 16.5. The van der Waals surface area contributed by atoms with E-state index in [-0.39, 0.29) is 17.4 Å². The van der Waals surface area contributed by atoms with Crippen LogP contribution in [0.25, 0.3) is 0 Å². The van der Waals surface area contributed by atoms with Crippen molar-refractivity contribution in [2.45, 2.75) is 39.2 Å². The topological polar surface area (TPSA) is 50.4 Å². The molecule has 0 bridgehead atoms. The first-order valence-electron chi connectivity index (χ1n) is 6.20. The number of morpholine rings is 1. The molecule has 1 rings (SSSR count). The van der Waals surface area contributed by atoms with Gasteiger partial charge in [-0.3, -0.25) is 4.79 Å². The van der Waals surface area contributed by atoms with Crippen LogP contribution in [0.15, 0.2) is 0 Å². The molecular weight excluding hydrogens is 204 g/mol. The Morgan fingerprint density at radius 3 is 2.94 bits per heavy atom. The molecule has 1 amide bonds. The highest BCUT2D eigenvalue weighted by molar-refractivity contribution is 5.78. The van der Waals surface area contributed by atoms with Gasteiger partial charge in [0.15, 0.2) is 0 Å². The lowest BCUT2D eigenvalue weighted by atomic mass is 10.0. The maximum absolute atomic E-state index is 11.7. The van der Waals surface area contributed by atoms with Gasteiger partial charge in [0, 0.05) is 25.6 Å². The van der Waals surface area contributed by atoms with Gasteiger partial charge in [0.25, 0.3) is 0 Å². The Bertz CT molecular complexity index is 225. The smallest absolute Gasteiger partial charge is 0.222 e. The van der Waals surface area contributed by atoms with Gasteiger partial charge >= 0.3 is 0 Å². The predicted molar refractivity (Wildman–Crippen MR) is 64.3 cm³/mol. The van der Waals surface area contributed by atoms with Gasteiger partial charge in [-0.2, -0.15) is 0 Å². The van der Waals surface area contributed by atoms with Crippen molar-refractivity contribution in [3.05, 3.63) is 0 Å². The number of carbonyl (C=O) groups is 1. The Hall–Kier alpha value is -0.610. The Morgan fingerprint density at radius 2 is 2.38 bits per heavy atom. The number of carbonyl (C=O) groups excluding carboxylic acids is 1. The van der Waals surface area contributed by atoms with Crippen LogP contribution in [0.1, 0.15) is 33.6 Å². The molecule has 4 heteroatoms. The third kappa shape index (κ3) is 4.10. The molecule has 0 aromatic heterocycles. The van der Waals surface area contributed by atoms with Gasteiger partial charge in [-0.05, 0) is 13.3 Å². The molecule has 2 atom stereocenters. The second kappa shape index (κ2) is 6.21. The maximum Gasteiger partial charge on any atom is 0.222 e. The number of hydrogen-bond acceptors (Lipinski definition) is 3. The van der Waals surface area contributed by atoms with Gasteiger partial charge in [0.05, 0.1) is 12.2 Å². The van der Waals surface area contributed by atoms with Gasteiger partial charge in [0.1, 0.15) is 0 Å². The fourth-order valence-electron chi connectivity index (χ4n) is 1.90. The van der Waals surface area contributed by atoms with Crippen LogP contribution in [-0.2, 0) is 9.53 Å². The van der Waals surface area contributed by atoms with Crippen LogP contribution in [0, 0.1) is 5.92 Å². The van der Waals surface area contributed by atoms with Gasteiger partial charge in [-0.1, -0.05) is 20.3 Å². The van der Waals surface area contributed by atoms with Crippen molar-refractivity contribution in [2.24, 2.45) is 5.92 Å². The predicted octanol–water partition coefficient (Wildman–Crippen LogP) is 0.917. The molecule has 0 aliphatic carbocycles. The molecular formula is C12H24N2O2. The quantitative estimate of drug-likeness (QED) is 0.735. The van der Waals surface area contributed by atoms with E-state index in [4.69, 9.17) is 4.74 Å². The molecule has 2 unspecified atom stereocenters. The Morgan fingerprint density at radius 1 is 1.62 bits per heavy atom. The van der Waals surface area contributed by atoms with Crippen LogP contribution < -0.4 is 10.6 Å². The summed E-state index contributed by atoms with van der Waals surface area (Å²) in [4.78, 5) is 11.7.